The summed E-state index contributed by atoms with van der Waals surface area (Å²) < 4.78 is 0. The van der Waals surface area contributed by atoms with Crippen LogP contribution >= 0.6 is 0 Å². The van der Waals surface area contributed by atoms with E-state index >= 15 is 0 Å². The number of hydrogen-bond donors (Lipinski definition) is 2. The Hall–Kier alpha value is -1.75. The number of rotatable bonds is 6. The molecule has 136 valence electrons. The van der Waals surface area contributed by atoms with Gasteiger partial charge in [-0.25, -0.2) is 5.10 Å². The summed E-state index contributed by atoms with van der Waals surface area (Å²) >= 11 is 0. The van der Waals surface area contributed by atoms with E-state index < -0.39 is 0 Å². The van der Waals surface area contributed by atoms with Gasteiger partial charge < -0.3 is 5.73 Å². The molecule has 5 nitrogen and oxygen atoms in total. The molecule has 0 spiro atoms. The highest BCUT2D eigenvalue weighted by atomic mass is 16.1. The van der Waals surface area contributed by atoms with Gasteiger partial charge in [0.05, 0.1) is 5.70 Å². The van der Waals surface area contributed by atoms with Crippen LogP contribution in [0.4, 0.5) is 0 Å². The lowest BCUT2D eigenvalue weighted by Crippen LogP contribution is -2.33. The molecule has 2 aliphatic carbocycles. The highest BCUT2D eigenvalue weighted by Gasteiger charge is 2.32. The summed E-state index contributed by atoms with van der Waals surface area (Å²) in [5, 5.41) is 6.73. The van der Waals surface area contributed by atoms with Crippen molar-refractivity contribution in [2.75, 3.05) is 6.54 Å². The molecule has 1 aromatic rings. The molecule has 1 heterocycles. The number of aromatic nitrogens is 2. The third-order valence-electron chi connectivity index (χ3n) is 5.71. The fourth-order valence-corrected chi connectivity index (χ4v) is 3.94. The molecule has 2 saturated carbocycles. The van der Waals surface area contributed by atoms with Crippen molar-refractivity contribution in [2.45, 2.75) is 58.3 Å². The average Bonchev–Trinajstić information content (AvgIpc) is 2.60. The number of aliphatic imine (C=N–C) groups is 1. The van der Waals surface area contributed by atoms with E-state index in [0.717, 1.165) is 24.4 Å². The SMILES string of the molecule is CC/C=C(\N=C(C1CCC1)C1CCC(CN)CC1)c1ccc(=O)[nH]n1. The van der Waals surface area contributed by atoms with E-state index in [1.807, 2.05) is 0 Å². The molecule has 0 bridgehead atoms. The Balaban J connectivity index is 1.86. The highest BCUT2D eigenvalue weighted by molar-refractivity contribution is 5.93. The molecule has 2 aliphatic rings. The van der Waals surface area contributed by atoms with E-state index in [1.54, 1.807) is 6.07 Å². The molecule has 1 aromatic heterocycles. The second-order valence-corrected chi connectivity index (χ2v) is 7.42. The number of nitrogens with zero attached hydrogens (tertiary/aromatic N) is 2. The molecule has 25 heavy (non-hydrogen) atoms. The number of allylic oxidation sites excluding steroid dienone is 1. The van der Waals surface area contributed by atoms with Gasteiger partial charge in [0.1, 0.15) is 5.69 Å². The molecule has 0 unspecified atom stereocenters. The lowest BCUT2D eigenvalue weighted by Gasteiger charge is -2.35. The standard InChI is InChI=1S/C20H30N4O/c1-2-4-17(18-11-12-19(25)24-23-18)22-20(15-5-3-6-15)16-9-7-14(13-21)8-10-16/h4,11-12,14-16H,2-3,5-10,13,21H2,1H3,(H,24,25)/b17-4-,22-20?. The van der Waals surface area contributed by atoms with Crippen molar-refractivity contribution in [3.63, 3.8) is 0 Å². The van der Waals surface area contributed by atoms with E-state index in [0.29, 0.717) is 17.8 Å². The van der Waals surface area contributed by atoms with Crippen LogP contribution in [0.25, 0.3) is 5.70 Å². The summed E-state index contributed by atoms with van der Waals surface area (Å²) in [7, 11) is 0. The lowest BCUT2D eigenvalue weighted by molar-refractivity contribution is 0.309. The van der Waals surface area contributed by atoms with Crippen molar-refractivity contribution in [1.82, 2.24) is 10.2 Å². The number of aromatic amines is 1. The number of nitrogens with one attached hydrogen (secondary N) is 1. The minimum Gasteiger partial charge on any atom is -0.330 e. The van der Waals surface area contributed by atoms with Gasteiger partial charge in [-0.1, -0.05) is 19.4 Å². The van der Waals surface area contributed by atoms with Gasteiger partial charge in [-0.15, -0.1) is 0 Å². The predicted octanol–water partition coefficient (Wildman–Crippen LogP) is 3.53. The maximum atomic E-state index is 11.3. The van der Waals surface area contributed by atoms with Crippen molar-refractivity contribution in [3.05, 3.63) is 34.3 Å². The predicted molar refractivity (Wildman–Crippen MR) is 102 cm³/mol. The molecule has 0 aromatic carbocycles. The first-order valence-electron chi connectivity index (χ1n) is 9.76. The van der Waals surface area contributed by atoms with Crippen LogP contribution in [0.5, 0.6) is 0 Å². The van der Waals surface area contributed by atoms with Gasteiger partial charge in [0.2, 0.25) is 0 Å². The van der Waals surface area contributed by atoms with E-state index in [9.17, 15) is 4.79 Å². The van der Waals surface area contributed by atoms with Gasteiger partial charge in [0.25, 0.3) is 5.56 Å². The van der Waals surface area contributed by atoms with Crippen LogP contribution in [-0.4, -0.2) is 22.5 Å². The number of nitrogens with two attached hydrogens (primary N) is 1. The molecule has 0 amide bonds. The number of H-pyrrole nitrogens is 1. The van der Waals surface area contributed by atoms with Crippen LogP contribution in [-0.2, 0) is 0 Å². The van der Waals surface area contributed by atoms with E-state index in [-0.39, 0.29) is 5.56 Å². The molecular weight excluding hydrogens is 312 g/mol. The molecule has 0 saturated heterocycles. The first-order chi connectivity index (χ1) is 12.2. The maximum absolute atomic E-state index is 11.3. The van der Waals surface area contributed by atoms with E-state index in [1.165, 1.54) is 56.7 Å². The molecule has 2 fully saturated rings. The molecule has 0 aliphatic heterocycles. The van der Waals surface area contributed by atoms with Gasteiger partial charge in [0.15, 0.2) is 0 Å². The Labute approximate surface area is 149 Å². The monoisotopic (exact) mass is 342 g/mol. The first kappa shape index (κ1) is 18.1. The van der Waals surface area contributed by atoms with Crippen LogP contribution in [0.15, 0.2) is 28.0 Å². The Morgan fingerprint density at radius 2 is 1.96 bits per heavy atom. The average molecular weight is 342 g/mol. The third kappa shape index (κ3) is 4.46. The van der Waals surface area contributed by atoms with Crippen LogP contribution in [0, 0.1) is 17.8 Å². The van der Waals surface area contributed by atoms with Gasteiger partial charge in [0, 0.05) is 11.8 Å². The largest absolute Gasteiger partial charge is 0.330 e. The summed E-state index contributed by atoms with van der Waals surface area (Å²) in [6.07, 6.45) is 11.7. The Morgan fingerprint density at radius 3 is 2.48 bits per heavy atom. The van der Waals surface area contributed by atoms with Crippen LogP contribution in [0.1, 0.15) is 64.0 Å². The second kappa shape index (κ2) is 8.56. The molecule has 0 radical (unpaired) electrons. The maximum Gasteiger partial charge on any atom is 0.264 e. The van der Waals surface area contributed by atoms with Crippen molar-refractivity contribution >= 4 is 11.4 Å². The topological polar surface area (TPSA) is 84.1 Å². The lowest BCUT2D eigenvalue weighted by atomic mass is 9.71. The van der Waals surface area contributed by atoms with Crippen molar-refractivity contribution in [1.29, 1.82) is 0 Å². The number of hydrogen-bond acceptors (Lipinski definition) is 4. The van der Waals surface area contributed by atoms with E-state index in [4.69, 9.17) is 10.7 Å². The molecule has 3 N–H and O–H groups in total. The summed E-state index contributed by atoms with van der Waals surface area (Å²) in [4.78, 5) is 16.4. The van der Waals surface area contributed by atoms with Crippen LogP contribution in [0.3, 0.4) is 0 Å². The fraction of sp³-hybridized carbons (Fsp3) is 0.650. The highest BCUT2D eigenvalue weighted by Crippen LogP contribution is 2.38. The molecular formula is C20H30N4O. The summed E-state index contributed by atoms with van der Waals surface area (Å²) in [5.74, 6) is 1.89. The zero-order valence-electron chi connectivity index (χ0n) is 15.2. The molecule has 3 rings (SSSR count). The smallest absolute Gasteiger partial charge is 0.264 e. The minimum absolute atomic E-state index is 0.178. The minimum atomic E-state index is -0.178. The van der Waals surface area contributed by atoms with Gasteiger partial charge in [-0.05, 0) is 75.3 Å². The summed E-state index contributed by atoms with van der Waals surface area (Å²) in [6, 6.07) is 3.30. The van der Waals surface area contributed by atoms with E-state index in [2.05, 4.69) is 23.2 Å². The van der Waals surface area contributed by atoms with Gasteiger partial charge in [-0.2, -0.15) is 5.10 Å². The van der Waals surface area contributed by atoms with Crippen molar-refractivity contribution < 1.29 is 0 Å². The molecule has 5 heteroatoms. The Kier molecular flexibility index (Phi) is 6.19. The van der Waals surface area contributed by atoms with Gasteiger partial charge >= 0.3 is 0 Å². The normalized spacial score (nSPS) is 25.7. The third-order valence-corrected chi connectivity index (χ3v) is 5.71. The van der Waals surface area contributed by atoms with Crippen LogP contribution in [0.2, 0.25) is 0 Å². The van der Waals surface area contributed by atoms with Gasteiger partial charge in [-0.3, -0.25) is 9.79 Å². The fourth-order valence-electron chi connectivity index (χ4n) is 3.94. The van der Waals surface area contributed by atoms with Crippen LogP contribution < -0.4 is 11.3 Å². The summed E-state index contributed by atoms with van der Waals surface area (Å²) in [5.41, 5.74) is 8.71. The molecule has 0 atom stereocenters. The Morgan fingerprint density at radius 1 is 1.24 bits per heavy atom. The van der Waals surface area contributed by atoms with Crippen molar-refractivity contribution in [3.8, 4) is 0 Å². The Bertz CT molecular complexity index is 659. The zero-order chi connectivity index (χ0) is 17.6. The van der Waals surface area contributed by atoms with Crippen molar-refractivity contribution in [2.24, 2.45) is 28.5 Å². The first-order valence-corrected chi connectivity index (χ1v) is 9.76. The quantitative estimate of drug-likeness (QED) is 0.776. The zero-order valence-corrected chi connectivity index (χ0v) is 15.2. The summed E-state index contributed by atoms with van der Waals surface area (Å²) in [6.45, 7) is 2.92. The second-order valence-electron chi connectivity index (χ2n) is 7.42.